The van der Waals surface area contributed by atoms with Gasteiger partial charge in [-0.1, -0.05) is 0 Å². The minimum absolute atomic E-state index is 0.0569. The number of aromatic carboxylic acids is 1. The number of carbonyl (C=O) groups is 3. The van der Waals surface area contributed by atoms with Crippen LogP contribution >= 0.6 is 11.3 Å². The molecule has 0 fully saturated rings. The number of nitrogens with one attached hydrogen (secondary N) is 1. The quantitative estimate of drug-likeness (QED) is 0.560. The average molecular weight is 395 g/mol. The second kappa shape index (κ2) is 8.85. The maximum atomic E-state index is 12.4. The molecule has 0 bridgehead atoms. The van der Waals surface area contributed by atoms with Crippen LogP contribution in [0, 0.1) is 0 Å². The average Bonchev–Trinajstić information content (AvgIpc) is 3.12. The van der Waals surface area contributed by atoms with Gasteiger partial charge in [-0.25, -0.2) is 9.78 Å². The SMILES string of the molecule is COc1cc(C(=O)NCc2nc(C(=O)O)cs2)cc(OC)c1OCC(N)=O. The summed E-state index contributed by atoms with van der Waals surface area (Å²) >= 11 is 1.12. The van der Waals surface area contributed by atoms with Crippen LogP contribution in [0.4, 0.5) is 0 Å². The highest BCUT2D eigenvalue weighted by Gasteiger charge is 2.19. The molecule has 0 aliphatic heterocycles. The zero-order chi connectivity index (χ0) is 20.0. The van der Waals surface area contributed by atoms with E-state index in [1.54, 1.807) is 0 Å². The van der Waals surface area contributed by atoms with Gasteiger partial charge in [-0.15, -0.1) is 11.3 Å². The van der Waals surface area contributed by atoms with E-state index in [1.165, 1.54) is 31.7 Å². The van der Waals surface area contributed by atoms with E-state index in [-0.39, 0.29) is 41.7 Å². The molecule has 0 atom stereocenters. The van der Waals surface area contributed by atoms with Gasteiger partial charge in [0.25, 0.3) is 11.8 Å². The van der Waals surface area contributed by atoms with Crippen molar-refractivity contribution in [3.8, 4) is 17.2 Å². The maximum Gasteiger partial charge on any atom is 0.355 e. The summed E-state index contributed by atoms with van der Waals surface area (Å²) in [5, 5.41) is 13.3. The van der Waals surface area contributed by atoms with E-state index in [2.05, 4.69) is 10.3 Å². The Morgan fingerprint density at radius 1 is 1.22 bits per heavy atom. The molecule has 10 nitrogen and oxygen atoms in total. The van der Waals surface area contributed by atoms with Crippen LogP contribution < -0.4 is 25.3 Å². The Hall–Kier alpha value is -3.34. The number of thiazole rings is 1. The molecule has 1 heterocycles. The van der Waals surface area contributed by atoms with Crippen LogP contribution in [0.15, 0.2) is 17.5 Å². The van der Waals surface area contributed by atoms with Crippen molar-refractivity contribution in [2.24, 2.45) is 5.73 Å². The molecule has 2 aromatic rings. The first kappa shape index (κ1) is 20.0. The Morgan fingerprint density at radius 3 is 2.33 bits per heavy atom. The van der Waals surface area contributed by atoms with Crippen LogP contribution in [0.2, 0.25) is 0 Å². The summed E-state index contributed by atoms with van der Waals surface area (Å²) in [6.45, 7) is -0.324. The Balaban J connectivity index is 2.17. The van der Waals surface area contributed by atoms with E-state index < -0.39 is 17.8 Å². The Bertz CT molecular complexity index is 840. The van der Waals surface area contributed by atoms with Gasteiger partial charge in [-0.3, -0.25) is 9.59 Å². The third kappa shape index (κ3) is 5.07. The van der Waals surface area contributed by atoms with E-state index in [9.17, 15) is 14.4 Å². The molecular formula is C16H17N3O7S. The molecule has 0 unspecified atom stereocenters. The van der Waals surface area contributed by atoms with E-state index >= 15 is 0 Å². The molecule has 144 valence electrons. The number of carboxylic acid groups (broad SMARTS) is 1. The largest absolute Gasteiger partial charge is 0.493 e. The van der Waals surface area contributed by atoms with Crippen molar-refractivity contribution >= 4 is 29.1 Å². The number of nitrogens with two attached hydrogens (primary N) is 1. The van der Waals surface area contributed by atoms with E-state index in [4.69, 9.17) is 25.1 Å². The number of hydrogen-bond acceptors (Lipinski definition) is 8. The molecule has 0 radical (unpaired) electrons. The molecule has 2 rings (SSSR count). The van der Waals surface area contributed by atoms with Crippen molar-refractivity contribution in [2.75, 3.05) is 20.8 Å². The molecule has 2 amide bonds. The molecule has 0 spiro atoms. The summed E-state index contributed by atoms with van der Waals surface area (Å²) < 4.78 is 15.7. The second-order valence-electron chi connectivity index (χ2n) is 5.08. The third-order valence-corrected chi connectivity index (χ3v) is 4.10. The van der Waals surface area contributed by atoms with Gasteiger partial charge >= 0.3 is 5.97 Å². The number of ether oxygens (including phenoxy) is 3. The highest BCUT2D eigenvalue weighted by molar-refractivity contribution is 7.09. The van der Waals surface area contributed by atoms with E-state index in [0.29, 0.717) is 5.01 Å². The summed E-state index contributed by atoms with van der Waals surface area (Å²) in [4.78, 5) is 38.0. The van der Waals surface area contributed by atoms with Gasteiger partial charge in [0.1, 0.15) is 5.01 Å². The zero-order valence-corrected chi connectivity index (χ0v) is 15.3. The molecule has 1 aromatic heterocycles. The van der Waals surface area contributed by atoms with E-state index in [0.717, 1.165) is 11.3 Å². The minimum Gasteiger partial charge on any atom is -0.493 e. The van der Waals surface area contributed by atoms with Gasteiger partial charge in [0.2, 0.25) is 5.75 Å². The Morgan fingerprint density at radius 2 is 1.85 bits per heavy atom. The fourth-order valence-corrected chi connectivity index (χ4v) is 2.75. The number of benzene rings is 1. The van der Waals surface area contributed by atoms with Gasteiger partial charge in [0.15, 0.2) is 23.8 Å². The second-order valence-corrected chi connectivity index (χ2v) is 6.02. The lowest BCUT2D eigenvalue weighted by molar-refractivity contribution is -0.120. The van der Waals surface area contributed by atoms with Crippen LogP contribution in [0.5, 0.6) is 17.2 Å². The molecule has 27 heavy (non-hydrogen) atoms. The number of carboxylic acids is 1. The van der Waals surface area contributed by atoms with Gasteiger partial charge in [-0.2, -0.15) is 0 Å². The van der Waals surface area contributed by atoms with Gasteiger partial charge < -0.3 is 30.4 Å². The van der Waals surface area contributed by atoms with Gasteiger partial charge in [-0.05, 0) is 12.1 Å². The van der Waals surface area contributed by atoms with E-state index in [1.807, 2.05) is 0 Å². The van der Waals surface area contributed by atoms with Crippen LogP contribution in [0.1, 0.15) is 25.9 Å². The lowest BCUT2D eigenvalue weighted by atomic mass is 10.1. The van der Waals surface area contributed by atoms with Crippen molar-refractivity contribution in [3.63, 3.8) is 0 Å². The molecule has 4 N–H and O–H groups in total. The number of primary amides is 1. The topological polar surface area (TPSA) is 150 Å². The molecule has 0 saturated heterocycles. The standard InChI is InChI=1S/C16H17N3O7S/c1-24-10-3-8(4-11(25-2)14(10)26-6-12(17)20)15(21)18-5-13-19-9(7-27-13)16(22)23/h3-4,7H,5-6H2,1-2H3,(H2,17,20)(H,18,21)(H,22,23). The van der Waals surface area contributed by atoms with Crippen LogP contribution in [0.3, 0.4) is 0 Å². The number of nitrogens with zero attached hydrogens (tertiary/aromatic N) is 1. The number of rotatable bonds is 9. The summed E-state index contributed by atoms with van der Waals surface area (Å²) in [6, 6.07) is 2.83. The number of hydrogen-bond donors (Lipinski definition) is 3. The normalized spacial score (nSPS) is 10.1. The summed E-state index contributed by atoms with van der Waals surface area (Å²) in [6.07, 6.45) is 0. The first-order chi connectivity index (χ1) is 12.8. The van der Waals surface area contributed by atoms with Crippen molar-refractivity contribution in [3.05, 3.63) is 33.8 Å². The fourth-order valence-electron chi connectivity index (χ4n) is 2.04. The summed E-state index contributed by atoms with van der Waals surface area (Å²) in [5.41, 5.74) is 5.20. The fraction of sp³-hybridized carbons (Fsp3) is 0.250. The number of carbonyl (C=O) groups excluding carboxylic acids is 2. The molecular weight excluding hydrogens is 378 g/mol. The highest BCUT2D eigenvalue weighted by Crippen LogP contribution is 2.38. The van der Waals surface area contributed by atoms with Crippen LogP contribution in [-0.4, -0.2) is 48.7 Å². The highest BCUT2D eigenvalue weighted by atomic mass is 32.1. The Kier molecular flexibility index (Phi) is 6.55. The lowest BCUT2D eigenvalue weighted by Crippen LogP contribution is -2.23. The molecule has 0 aliphatic rings. The predicted octanol–water partition coefficient (Wildman–Crippen LogP) is 0.653. The first-order valence-electron chi connectivity index (χ1n) is 7.48. The predicted molar refractivity (Wildman–Crippen MR) is 94.5 cm³/mol. The van der Waals surface area contributed by atoms with Crippen molar-refractivity contribution in [1.82, 2.24) is 10.3 Å². The maximum absolute atomic E-state index is 12.4. The molecule has 11 heteroatoms. The first-order valence-corrected chi connectivity index (χ1v) is 8.36. The number of amides is 2. The summed E-state index contributed by atoms with van der Waals surface area (Å²) in [5.74, 6) is -1.76. The Labute approximate surface area is 157 Å². The lowest BCUT2D eigenvalue weighted by Gasteiger charge is -2.15. The monoisotopic (exact) mass is 395 g/mol. The van der Waals surface area contributed by atoms with Crippen LogP contribution in [-0.2, 0) is 11.3 Å². The number of aromatic nitrogens is 1. The number of methoxy groups -OCH3 is 2. The molecule has 1 aromatic carbocycles. The van der Waals surface area contributed by atoms with Crippen molar-refractivity contribution in [2.45, 2.75) is 6.54 Å². The van der Waals surface area contributed by atoms with Crippen molar-refractivity contribution < 1.29 is 33.7 Å². The van der Waals surface area contributed by atoms with Crippen LogP contribution in [0.25, 0.3) is 0 Å². The molecule has 0 saturated carbocycles. The molecule has 0 aliphatic carbocycles. The smallest absolute Gasteiger partial charge is 0.355 e. The third-order valence-electron chi connectivity index (χ3n) is 3.25. The van der Waals surface area contributed by atoms with Crippen molar-refractivity contribution in [1.29, 1.82) is 0 Å². The van der Waals surface area contributed by atoms with Gasteiger partial charge in [0.05, 0.1) is 20.8 Å². The zero-order valence-electron chi connectivity index (χ0n) is 14.5. The minimum atomic E-state index is -1.13. The summed E-state index contributed by atoms with van der Waals surface area (Å²) in [7, 11) is 2.74. The van der Waals surface area contributed by atoms with Gasteiger partial charge in [0, 0.05) is 10.9 Å².